The quantitative estimate of drug-likeness (QED) is 0.478. The summed E-state index contributed by atoms with van der Waals surface area (Å²) >= 11 is 0. The molecule has 1 amide bonds. The number of amides is 1. The third kappa shape index (κ3) is 3.37. The first kappa shape index (κ1) is 5.37. The molecule has 0 aliphatic rings. The van der Waals surface area contributed by atoms with Crippen molar-refractivity contribution in [1.29, 1.82) is 0 Å². The highest BCUT2D eigenvalue weighted by Crippen LogP contribution is 1.76. The lowest BCUT2D eigenvalue weighted by molar-refractivity contribution is 0.201. The number of nitrogens with one attached hydrogen (secondary N) is 1. The third-order valence-electron chi connectivity index (χ3n) is 0.141. The largest absolute Gasteiger partial charge is 0.465 e. The monoisotopic (exact) mass is 107 g/mol. The molecular weight excluding hydrogens is 105 g/mol. The van der Waals surface area contributed by atoms with Gasteiger partial charge in [-0.2, -0.15) is 0 Å². The van der Waals surface area contributed by atoms with Crippen molar-refractivity contribution in [2.24, 2.45) is 0 Å². The Bertz CT molecular complexity index is 71.2. The molecule has 0 aromatic rings. The summed E-state index contributed by atoms with van der Waals surface area (Å²) in [6.07, 6.45) is -1.29. The van der Waals surface area contributed by atoms with Gasteiger partial charge >= 0.3 is 6.09 Å². The summed E-state index contributed by atoms with van der Waals surface area (Å²) in [7, 11) is -0.576. The van der Waals surface area contributed by atoms with Gasteiger partial charge in [-0.1, -0.05) is 0 Å². The predicted octanol–water partition coefficient (Wildman–Crippen LogP) is 0.461. The zero-order valence-electron chi connectivity index (χ0n) is 2.71. The summed E-state index contributed by atoms with van der Waals surface area (Å²) in [4.78, 5) is 9.28. The van der Waals surface area contributed by atoms with Crippen LogP contribution < -0.4 is 5.09 Å². The van der Waals surface area contributed by atoms with Crippen molar-refractivity contribution < 1.29 is 14.5 Å². The molecule has 0 spiro atoms. The summed E-state index contributed by atoms with van der Waals surface area (Å²) < 4.78 is 9.22. The first-order valence-electron chi connectivity index (χ1n) is 1.08. The van der Waals surface area contributed by atoms with Gasteiger partial charge in [0.2, 0.25) is 0 Å². The van der Waals surface area contributed by atoms with Crippen molar-refractivity contribution in [2.75, 3.05) is 0 Å². The zero-order valence-corrected chi connectivity index (χ0v) is 3.61. The Hall–Kier alpha value is -0.630. The fourth-order valence-corrected chi connectivity index (χ4v) is 0.117. The molecule has 0 aromatic carbocycles. The summed E-state index contributed by atoms with van der Waals surface area (Å²) in [5, 5.41) is 9.14. The van der Waals surface area contributed by atoms with E-state index in [1.807, 2.05) is 0 Å². The smallest absolute Gasteiger partial charge is 0.414 e. The van der Waals surface area contributed by atoms with E-state index in [9.17, 15) is 9.36 Å². The van der Waals surface area contributed by atoms with Crippen molar-refractivity contribution in [3.63, 3.8) is 0 Å². The van der Waals surface area contributed by atoms with E-state index in [-0.39, 0.29) is 0 Å². The van der Waals surface area contributed by atoms with Crippen molar-refractivity contribution >= 4 is 14.7 Å². The fraction of sp³-hybridized carbons (Fsp3) is 0. The molecule has 0 saturated carbocycles. The Kier molecular flexibility index (Phi) is 2.33. The summed E-state index contributed by atoms with van der Waals surface area (Å²) in [5.74, 6) is 0. The number of carboxylic acid groups (broad SMARTS) is 1. The van der Waals surface area contributed by atoms with Gasteiger partial charge in [-0.15, -0.1) is 0 Å². The van der Waals surface area contributed by atoms with E-state index >= 15 is 0 Å². The van der Waals surface area contributed by atoms with Crippen LogP contribution in [0.3, 0.4) is 0 Å². The maximum Gasteiger partial charge on any atom is 0.414 e. The van der Waals surface area contributed by atoms with Gasteiger partial charge < -0.3 is 5.11 Å². The summed E-state index contributed by atoms with van der Waals surface area (Å²) in [6, 6.07) is 0. The Balaban J connectivity index is 3.05. The topological polar surface area (TPSA) is 66.4 Å². The van der Waals surface area contributed by atoms with Crippen LogP contribution in [0.25, 0.3) is 0 Å². The standard InChI is InChI=1S/CH2NO3P/c3-1(4)2-6-5/h(H,2,5)(H,3,4). The van der Waals surface area contributed by atoms with Gasteiger partial charge in [0.25, 0.3) is 8.61 Å². The molecule has 0 aliphatic carbocycles. The van der Waals surface area contributed by atoms with Gasteiger partial charge in [0, 0.05) is 0 Å². The number of rotatable bonds is 1. The van der Waals surface area contributed by atoms with E-state index < -0.39 is 14.7 Å². The molecule has 0 aromatic heterocycles. The SMILES string of the molecule is O=PNC(=O)O. The zero-order chi connectivity index (χ0) is 4.99. The normalized spacial score (nSPS) is 8.00. The van der Waals surface area contributed by atoms with Crippen LogP contribution >= 0.6 is 8.61 Å². The molecule has 34 valence electrons. The van der Waals surface area contributed by atoms with Gasteiger partial charge in [0.05, 0.1) is 0 Å². The van der Waals surface area contributed by atoms with Gasteiger partial charge in [-0.25, -0.2) is 14.4 Å². The van der Waals surface area contributed by atoms with Crippen LogP contribution in [0.4, 0.5) is 4.79 Å². The number of hydrogen-bond acceptors (Lipinski definition) is 2. The molecule has 0 rings (SSSR count). The van der Waals surface area contributed by atoms with Gasteiger partial charge in [0.15, 0.2) is 0 Å². The van der Waals surface area contributed by atoms with E-state index in [0.717, 1.165) is 0 Å². The Morgan fingerprint density at radius 3 is 2.33 bits per heavy atom. The average molecular weight is 107 g/mol. The first-order chi connectivity index (χ1) is 2.77. The van der Waals surface area contributed by atoms with Crippen molar-refractivity contribution in [3.8, 4) is 0 Å². The second-order valence-electron chi connectivity index (χ2n) is 0.508. The van der Waals surface area contributed by atoms with E-state index in [2.05, 4.69) is 0 Å². The first-order valence-corrected chi connectivity index (χ1v) is 1.90. The van der Waals surface area contributed by atoms with E-state index in [1.165, 1.54) is 0 Å². The van der Waals surface area contributed by atoms with Crippen molar-refractivity contribution in [1.82, 2.24) is 5.09 Å². The number of carbonyl (C=O) groups is 1. The molecular formula is CH2NO3P. The minimum atomic E-state index is -1.29. The molecule has 0 atom stereocenters. The third-order valence-corrected chi connectivity index (χ3v) is 0.424. The maximum atomic E-state index is 9.28. The van der Waals surface area contributed by atoms with Crippen LogP contribution in [0.15, 0.2) is 0 Å². The van der Waals surface area contributed by atoms with E-state index in [0.29, 0.717) is 0 Å². The molecule has 0 fully saturated rings. The lowest BCUT2D eigenvalue weighted by atomic mass is 11.3. The molecule has 0 saturated heterocycles. The summed E-state index contributed by atoms with van der Waals surface area (Å²) in [6.45, 7) is 0. The van der Waals surface area contributed by atoms with Crippen LogP contribution in [-0.4, -0.2) is 11.2 Å². The highest BCUT2D eigenvalue weighted by molar-refractivity contribution is 7.22. The molecule has 0 heterocycles. The molecule has 4 nitrogen and oxygen atoms in total. The second-order valence-corrected chi connectivity index (χ2v) is 0.914. The molecule has 0 aliphatic heterocycles. The summed E-state index contributed by atoms with van der Waals surface area (Å²) in [5.41, 5.74) is 0. The van der Waals surface area contributed by atoms with Gasteiger partial charge in [0.1, 0.15) is 0 Å². The van der Waals surface area contributed by atoms with Crippen LogP contribution in [-0.2, 0) is 4.57 Å². The number of hydrogen-bond donors (Lipinski definition) is 2. The molecule has 0 bridgehead atoms. The maximum absolute atomic E-state index is 9.28. The molecule has 6 heavy (non-hydrogen) atoms. The Labute approximate surface area is 35.4 Å². The Morgan fingerprint density at radius 1 is 1.83 bits per heavy atom. The highest BCUT2D eigenvalue weighted by atomic mass is 31.1. The van der Waals surface area contributed by atoms with Crippen LogP contribution in [0, 0.1) is 0 Å². The van der Waals surface area contributed by atoms with Crippen LogP contribution in [0.2, 0.25) is 0 Å². The van der Waals surface area contributed by atoms with Crippen LogP contribution in [0.1, 0.15) is 0 Å². The highest BCUT2D eigenvalue weighted by Gasteiger charge is 1.85. The minimum Gasteiger partial charge on any atom is -0.465 e. The minimum absolute atomic E-state index is 0.576. The van der Waals surface area contributed by atoms with E-state index in [1.54, 1.807) is 5.09 Å². The molecule has 0 radical (unpaired) electrons. The molecule has 2 N–H and O–H groups in total. The van der Waals surface area contributed by atoms with Crippen LogP contribution in [0.5, 0.6) is 0 Å². The predicted molar refractivity (Wildman–Crippen MR) is 18.8 cm³/mol. The average Bonchev–Trinajstić information content (AvgIpc) is 1.35. The van der Waals surface area contributed by atoms with Gasteiger partial charge in [-0.05, 0) is 0 Å². The van der Waals surface area contributed by atoms with Crippen molar-refractivity contribution in [2.45, 2.75) is 0 Å². The van der Waals surface area contributed by atoms with Crippen molar-refractivity contribution in [3.05, 3.63) is 0 Å². The molecule has 0 unspecified atom stereocenters. The lowest BCUT2D eigenvalue weighted by Gasteiger charge is -1.76. The van der Waals surface area contributed by atoms with E-state index in [4.69, 9.17) is 5.11 Å². The fourth-order valence-electron chi connectivity index (χ4n) is 0.0390. The second kappa shape index (κ2) is 2.60. The Morgan fingerprint density at radius 2 is 2.33 bits per heavy atom. The molecule has 5 heteroatoms. The lowest BCUT2D eigenvalue weighted by Crippen LogP contribution is -2.06. The van der Waals surface area contributed by atoms with Gasteiger partial charge in [-0.3, -0.25) is 0 Å².